The predicted octanol–water partition coefficient (Wildman–Crippen LogP) is 1.10. The van der Waals surface area contributed by atoms with Gasteiger partial charge in [0.2, 0.25) is 0 Å². The maximum absolute atomic E-state index is 5.79. The van der Waals surface area contributed by atoms with Gasteiger partial charge in [0.05, 0.1) is 39.6 Å². The van der Waals surface area contributed by atoms with Crippen molar-refractivity contribution in [2.45, 2.75) is 6.04 Å². The van der Waals surface area contributed by atoms with E-state index in [0.29, 0.717) is 45.7 Å². The van der Waals surface area contributed by atoms with Crippen LogP contribution >= 0.6 is 0 Å². The number of ether oxygens (including phenoxy) is 3. The molecule has 0 aromatic rings. The molecule has 0 aliphatic carbocycles. The zero-order chi connectivity index (χ0) is 14.4. The van der Waals surface area contributed by atoms with Crippen molar-refractivity contribution in [2.24, 2.45) is 0 Å². The molecule has 0 rings (SSSR count). The molecule has 0 saturated heterocycles. The van der Waals surface area contributed by atoms with Gasteiger partial charge in [0.1, 0.15) is 0 Å². The molecule has 19 heavy (non-hydrogen) atoms. The van der Waals surface area contributed by atoms with E-state index < -0.39 is 8.80 Å². The Morgan fingerprint density at radius 2 is 1.11 bits per heavy atom. The molecule has 0 saturated carbocycles. The largest absolute Gasteiger partial charge is 0.505 e. The molecule has 0 unspecified atom stereocenters. The van der Waals surface area contributed by atoms with E-state index in [-0.39, 0.29) is 0 Å². The molecule has 0 spiro atoms. The van der Waals surface area contributed by atoms with Crippen LogP contribution in [0.5, 0.6) is 0 Å². The van der Waals surface area contributed by atoms with Gasteiger partial charge in [-0.05, 0) is 0 Å². The Kier molecular flexibility index (Phi) is 12.5. The molecule has 0 bridgehead atoms. The van der Waals surface area contributed by atoms with E-state index in [0.717, 1.165) is 0 Å². The van der Waals surface area contributed by atoms with Crippen molar-refractivity contribution >= 4 is 8.80 Å². The third-order valence-electron chi connectivity index (χ3n) is 2.22. The smallest absolute Gasteiger partial charge is 0.382 e. The molecule has 0 N–H and O–H groups in total. The van der Waals surface area contributed by atoms with Crippen molar-refractivity contribution < 1.29 is 27.5 Å². The zero-order valence-corrected chi connectivity index (χ0v) is 13.2. The van der Waals surface area contributed by atoms with Crippen LogP contribution < -0.4 is 0 Å². The fraction of sp³-hybridized carbons (Fsp3) is 0.833. The lowest BCUT2D eigenvalue weighted by Crippen LogP contribution is -2.47. The minimum absolute atomic E-state index is 0.427. The van der Waals surface area contributed by atoms with E-state index in [9.17, 15) is 0 Å². The van der Waals surface area contributed by atoms with Crippen LogP contribution in [0.2, 0.25) is 6.04 Å². The average molecular weight is 294 g/mol. The maximum Gasteiger partial charge on any atom is 0.505 e. The second-order valence-corrected chi connectivity index (χ2v) is 6.34. The van der Waals surface area contributed by atoms with Crippen molar-refractivity contribution in [1.82, 2.24) is 0 Å². The SMILES string of the molecule is C=CC[Si](OCCOC)(OCCOC)OCCOC. The van der Waals surface area contributed by atoms with Crippen LogP contribution in [0.1, 0.15) is 0 Å². The van der Waals surface area contributed by atoms with E-state index in [2.05, 4.69) is 6.58 Å². The van der Waals surface area contributed by atoms with E-state index in [1.165, 1.54) is 0 Å². The Balaban J connectivity index is 4.42. The quantitative estimate of drug-likeness (QED) is 0.272. The lowest BCUT2D eigenvalue weighted by Gasteiger charge is -2.28. The highest BCUT2D eigenvalue weighted by molar-refractivity contribution is 6.61. The Morgan fingerprint density at radius 3 is 1.37 bits per heavy atom. The van der Waals surface area contributed by atoms with Crippen molar-refractivity contribution in [2.75, 3.05) is 61.0 Å². The molecule has 0 aliphatic heterocycles. The van der Waals surface area contributed by atoms with Crippen LogP contribution in [-0.2, 0) is 27.5 Å². The van der Waals surface area contributed by atoms with Gasteiger partial charge in [0.25, 0.3) is 0 Å². The number of allylic oxidation sites excluding steroid dienone is 1. The van der Waals surface area contributed by atoms with Gasteiger partial charge >= 0.3 is 8.80 Å². The van der Waals surface area contributed by atoms with Gasteiger partial charge in [-0.3, -0.25) is 0 Å². The molecule has 114 valence electrons. The summed E-state index contributed by atoms with van der Waals surface area (Å²) < 4.78 is 32.3. The predicted molar refractivity (Wildman–Crippen MR) is 74.2 cm³/mol. The lowest BCUT2D eigenvalue weighted by atomic mass is 10.8. The number of rotatable bonds is 14. The molecule has 0 aliphatic rings. The van der Waals surface area contributed by atoms with Crippen molar-refractivity contribution in [3.8, 4) is 0 Å². The van der Waals surface area contributed by atoms with Crippen LogP contribution in [0.15, 0.2) is 12.7 Å². The van der Waals surface area contributed by atoms with Crippen molar-refractivity contribution in [3.05, 3.63) is 12.7 Å². The second kappa shape index (κ2) is 12.7. The fourth-order valence-corrected chi connectivity index (χ4v) is 3.46. The Labute approximate surface area is 116 Å². The van der Waals surface area contributed by atoms with E-state index in [4.69, 9.17) is 27.5 Å². The lowest BCUT2D eigenvalue weighted by molar-refractivity contribution is 0.0165. The first-order chi connectivity index (χ1) is 9.24. The summed E-state index contributed by atoms with van der Waals surface area (Å²) in [5, 5.41) is 0. The summed E-state index contributed by atoms with van der Waals surface area (Å²) in [7, 11) is 2.10. The van der Waals surface area contributed by atoms with Crippen LogP contribution in [-0.4, -0.2) is 69.8 Å². The topological polar surface area (TPSA) is 55.4 Å². The Bertz CT molecular complexity index is 188. The summed E-state index contributed by atoms with van der Waals surface area (Å²) in [5.41, 5.74) is 0. The van der Waals surface area contributed by atoms with Gasteiger partial charge in [-0.15, -0.1) is 6.58 Å². The number of methoxy groups -OCH3 is 3. The molecule has 0 aromatic carbocycles. The minimum Gasteiger partial charge on any atom is -0.382 e. The van der Waals surface area contributed by atoms with E-state index in [1.54, 1.807) is 27.4 Å². The Morgan fingerprint density at radius 1 is 0.737 bits per heavy atom. The van der Waals surface area contributed by atoms with E-state index in [1.807, 2.05) is 0 Å². The molecule has 0 aromatic heterocycles. The first-order valence-corrected chi connectivity index (χ1v) is 8.17. The Hall–Kier alpha value is -0.283. The van der Waals surface area contributed by atoms with Gasteiger partial charge in [0, 0.05) is 27.4 Å². The molecule has 0 heterocycles. The number of hydrogen-bond acceptors (Lipinski definition) is 6. The molecule has 0 radical (unpaired) electrons. The molecular formula is C12H26O6Si. The normalized spacial score (nSPS) is 11.7. The van der Waals surface area contributed by atoms with Gasteiger partial charge in [-0.2, -0.15) is 0 Å². The zero-order valence-electron chi connectivity index (χ0n) is 12.2. The highest BCUT2D eigenvalue weighted by Crippen LogP contribution is 2.16. The molecule has 7 heteroatoms. The standard InChI is InChI=1S/C12H26O6Si/c1-5-12-19(16-9-6-13-2,17-10-7-14-3)18-11-8-15-4/h5H,1,6-12H2,2-4H3. The van der Waals surface area contributed by atoms with Crippen LogP contribution in [0.4, 0.5) is 0 Å². The second-order valence-electron chi connectivity index (χ2n) is 3.70. The highest BCUT2D eigenvalue weighted by atomic mass is 28.4. The molecule has 0 amide bonds. The molecule has 6 nitrogen and oxygen atoms in total. The molecule has 0 atom stereocenters. The summed E-state index contributed by atoms with van der Waals surface area (Å²) in [4.78, 5) is 0. The highest BCUT2D eigenvalue weighted by Gasteiger charge is 2.39. The van der Waals surface area contributed by atoms with Crippen molar-refractivity contribution in [3.63, 3.8) is 0 Å². The summed E-state index contributed by atoms with van der Waals surface area (Å²) >= 11 is 0. The fourth-order valence-electron chi connectivity index (χ4n) is 1.32. The molecule has 0 fully saturated rings. The van der Waals surface area contributed by atoms with Gasteiger partial charge in [-0.25, -0.2) is 0 Å². The summed E-state index contributed by atoms with van der Waals surface area (Å²) in [6, 6.07) is 0.546. The van der Waals surface area contributed by atoms with E-state index >= 15 is 0 Å². The molecular weight excluding hydrogens is 268 g/mol. The minimum atomic E-state index is -2.77. The van der Waals surface area contributed by atoms with Gasteiger partial charge in [0.15, 0.2) is 0 Å². The number of hydrogen-bond donors (Lipinski definition) is 0. The van der Waals surface area contributed by atoms with Gasteiger partial charge in [-0.1, -0.05) is 6.08 Å². The third kappa shape index (κ3) is 9.28. The van der Waals surface area contributed by atoms with Crippen LogP contribution in [0.3, 0.4) is 0 Å². The first kappa shape index (κ1) is 18.7. The van der Waals surface area contributed by atoms with Crippen LogP contribution in [0.25, 0.3) is 0 Å². The van der Waals surface area contributed by atoms with Crippen molar-refractivity contribution in [1.29, 1.82) is 0 Å². The monoisotopic (exact) mass is 294 g/mol. The summed E-state index contributed by atoms with van der Waals surface area (Å²) in [6.07, 6.45) is 1.75. The summed E-state index contributed by atoms with van der Waals surface area (Å²) in [5.74, 6) is 0. The maximum atomic E-state index is 5.79. The summed E-state index contributed by atoms with van der Waals surface area (Å²) in [6.45, 7) is 6.49. The third-order valence-corrected chi connectivity index (χ3v) is 4.94. The first-order valence-electron chi connectivity index (χ1n) is 6.24. The average Bonchev–Trinajstić information content (AvgIpc) is 2.40. The van der Waals surface area contributed by atoms with Crippen LogP contribution in [0, 0.1) is 0 Å². The van der Waals surface area contributed by atoms with Gasteiger partial charge < -0.3 is 27.5 Å².